The van der Waals surface area contributed by atoms with E-state index in [4.69, 9.17) is 5.73 Å². The molecule has 0 aliphatic heterocycles. The number of hydrogen-bond donors (Lipinski definition) is 1. The van der Waals surface area contributed by atoms with Crippen LogP contribution in [0.1, 0.15) is 28.8 Å². The first-order chi connectivity index (χ1) is 15.5. The Hall–Kier alpha value is -3.30. The minimum atomic E-state index is -0.482. The largest absolute Gasteiger partial charge is 0.366 e. The van der Waals surface area contributed by atoms with Crippen molar-refractivity contribution < 1.29 is 9.59 Å². The molecule has 3 aromatic heterocycles. The van der Waals surface area contributed by atoms with E-state index in [-0.39, 0.29) is 24.1 Å². The number of aromatic nitrogens is 2. The van der Waals surface area contributed by atoms with Gasteiger partial charge in [0.2, 0.25) is 11.8 Å². The van der Waals surface area contributed by atoms with E-state index in [9.17, 15) is 14.4 Å². The Labute approximate surface area is 191 Å². The van der Waals surface area contributed by atoms with Crippen LogP contribution in [0.3, 0.4) is 0 Å². The molecule has 1 aliphatic carbocycles. The van der Waals surface area contributed by atoms with E-state index in [0.717, 1.165) is 28.8 Å². The number of amides is 2. The first-order valence-corrected chi connectivity index (χ1v) is 12.0. The summed E-state index contributed by atoms with van der Waals surface area (Å²) < 4.78 is 1.40. The second-order valence-electron chi connectivity index (χ2n) is 7.80. The zero-order valence-corrected chi connectivity index (χ0v) is 18.7. The summed E-state index contributed by atoms with van der Waals surface area (Å²) in [5.41, 5.74) is 7.32. The lowest BCUT2D eigenvalue weighted by Gasteiger charge is -2.23. The third-order valence-corrected chi connectivity index (χ3v) is 7.34. The molecule has 0 spiro atoms. The molecule has 0 radical (unpaired) electrons. The molecule has 2 N–H and O–H groups in total. The molecule has 5 rings (SSSR count). The lowest BCUT2D eigenvalue weighted by molar-refractivity contribution is -0.133. The SMILES string of the molecule is NC(=O)c1ccc(CN(C(=O)Cn2cnc3scc(-c4cccs4)c3c2=O)C2CC2)cc1. The maximum atomic E-state index is 13.2. The fourth-order valence-electron chi connectivity index (χ4n) is 3.71. The number of thiophene rings is 2. The summed E-state index contributed by atoms with van der Waals surface area (Å²) in [7, 11) is 0. The van der Waals surface area contributed by atoms with Gasteiger partial charge >= 0.3 is 0 Å². The highest BCUT2D eigenvalue weighted by atomic mass is 32.1. The molecule has 9 heteroatoms. The predicted molar refractivity (Wildman–Crippen MR) is 126 cm³/mol. The standard InChI is InChI=1S/C23H20N4O3S2/c24-21(29)15-5-3-14(4-6-15)10-27(16-7-8-16)19(28)11-26-13-25-22-20(23(26)30)17(12-32-22)18-2-1-9-31-18/h1-6,9,12-13,16H,7-8,10-11H2,(H2,24,29). The smallest absolute Gasteiger partial charge is 0.263 e. The predicted octanol–water partition coefficient (Wildman–Crippen LogP) is 3.48. The van der Waals surface area contributed by atoms with Gasteiger partial charge in [0, 0.05) is 34.0 Å². The van der Waals surface area contributed by atoms with Crippen LogP contribution in [-0.2, 0) is 17.9 Å². The molecule has 1 saturated carbocycles. The van der Waals surface area contributed by atoms with Crippen LogP contribution in [0.4, 0.5) is 0 Å². The van der Waals surface area contributed by atoms with Gasteiger partial charge in [-0.05, 0) is 42.0 Å². The first kappa shape index (κ1) is 20.6. The highest BCUT2D eigenvalue weighted by Crippen LogP contribution is 2.33. The lowest BCUT2D eigenvalue weighted by Crippen LogP contribution is -2.37. The first-order valence-electron chi connectivity index (χ1n) is 10.2. The van der Waals surface area contributed by atoms with Gasteiger partial charge in [-0.15, -0.1) is 22.7 Å². The van der Waals surface area contributed by atoms with E-state index < -0.39 is 5.91 Å². The van der Waals surface area contributed by atoms with Crippen molar-refractivity contribution in [2.24, 2.45) is 5.73 Å². The van der Waals surface area contributed by atoms with Crippen LogP contribution >= 0.6 is 22.7 Å². The number of fused-ring (bicyclic) bond motifs is 1. The normalized spacial score (nSPS) is 13.4. The van der Waals surface area contributed by atoms with Crippen LogP contribution in [0.15, 0.2) is 58.3 Å². The van der Waals surface area contributed by atoms with Gasteiger partial charge in [0.1, 0.15) is 11.4 Å². The Bertz CT molecular complexity index is 1350. The molecular formula is C23H20N4O3S2. The Balaban J connectivity index is 1.40. The lowest BCUT2D eigenvalue weighted by atomic mass is 10.1. The molecule has 32 heavy (non-hydrogen) atoms. The van der Waals surface area contributed by atoms with Crippen LogP contribution in [-0.4, -0.2) is 32.3 Å². The van der Waals surface area contributed by atoms with Crippen molar-refractivity contribution in [2.45, 2.75) is 32.0 Å². The highest BCUT2D eigenvalue weighted by Gasteiger charge is 2.32. The third-order valence-electron chi connectivity index (χ3n) is 5.55. The molecule has 0 bridgehead atoms. The van der Waals surface area contributed by atoms with Gasteiger partial charge in [0.25, 0.3) is 5.56 Å². The molecule has 3 heterocycles. The Kier molecular flexibility index (Phi) is 5.36. The Morgan fingerprint density at radius 3 is 2.59 bits per heavy atom. The van der Waals surface area contributed by atoms with Gasteiger partial charge in [-0.1, -0.05) is 18.2 Å². The molecule has 2 amide bonds. The van der Waals surface area contributed by atoms with Crippen LogP contribution in [0.25, 0.3) is 20.7 Å². The molecule has 0 saturated heterocycles. The summed E-state index contributed by atoms with van der Waals surface area (Å²) in [6.45, 7) is 0.364. The minimum absolute atomic E-state index is 0.0582. The van der Waals surface area contributed by atoms with Gasteiger partial charge in [0.05, 0.1) is 11.7 Å². The van der Waals surface area contributed by atoms with Crippen molar-refractivity contribution in [3.63, 3.8) is 0 Å². The summed E-state index contributed by atoms with van der Waals surface area (Å²) in [4.78, 5) is 45.6. The second kappa shape index (κ2) is 8.33. The van der Waals surface area contributed by atoms with Crippen molar-refractivity contribution in [3.05, 3.63) is 75.0 Å². The topological polar surface area (TPSA) is 98.3 Å². The summed E-state index contributed by atoms with van der Waals surface area (Å²) in [6.07, 6.45) is 3.36. The van der Waals surface area contributed by atoms with Crippen molar-refractivity contribution in [3.8, 4) is 10.4 Å². The van der Waals surface area contributed by atoms with E-state index in [1.54, 1.807) is 35.6 Å². The molecule has 1 aromatic carbocycles. The summed E-state index contributed by atoms with van der Waals surface area (Å²) in [6, 6.07) is 11.0. The fraction of sp³-hybridized carbons (Fsp3) is 0.217. The van der Waals surface area contributed by atoms with Crippen molar-refractivity contribution in [1.29, 1.82) is 0 Å². The molecule has 0 unspecified atom stereocenters. The fourth-order valence-corrected chi connectivity index (χ4v) is 5.43. The Morgan fingerprint density at radius 1 is 1.16 bits per heavy atom. The number of benzene rings is 1. The molecule has 7 nitrogen and oxygen atoms in total. The van der Waals surface area contributed by atoms with Crippen molar-refractivity contribution in [2.75, 3.05) is 0 Å². The quantitative estimate of drug-likeness (QED) is 0.453. The molecule has 0 atom stereocenters. The number of carbonyl (C=O) groups is 2. The summed E-state index contributed by atoms with van der Waals surface area (Å²) in [5, 5.41) is 4.48. The molecule has 162 valence electrons. The van der Waals surface area contributed by atoms with Crippen LogP contribution in [0, 0.1) is 0 Å². The van der Waals surface area contributed by atoms with E-state index in [2.05, 4.69) is 4.98 Å². The summed E-state index contributed by atoms with van der Waals surface area (Å²) >= 11 is 3.01. The highest BCUT2D eigenvalue weighted by molar-refractivity contribution is 7.18. The van der Waals surface area contributed by atoms with Crippen LogP contribution < -0.4 is 11.3 Å². The number of nitrogens with two attached hydrogens (primary N) is 1. The van der Waals surface area contributed by atoms with Crippen molar-refractivity contribution >= 4 is 44.7 Å². The number of nitrogens with zero attached hydrogens (tertiary/aromatic N) is 3. The monoisotopic (exact) mass is 464 g/mol. The van der Waals surface area contributed by atoms with Crippen molar-refractivity contribution in [1.82, 2.24) is 14.5 Å². The van der Waals surface area contributed by atoms with E-state index in [1.807, 2.05) is 27.8 Å². The second-order valence-corrected chi connectivity index (χ2v) is 9.60. The number of rotatable bonds is 7. The van der Waals surface area contributed by atoms with E-state index >= 15 is 0 Å². The zero-order chi connectivity index (χ0) is 22.2. The van der Waals surface area contributed by atoms with Gasteiger partial charge in [-0.2, -0.15) is 0 Å². The van der Waals surface area contributed by atoms with Crippen LogP contribution in [0.2, 0.25) is 0 Å². The van der Waals surface area contributed by atoms with Gasteiger partial charge in [0.15, 0.2) is 0 Å². The van der Waals surface area contributed by atoms with E-state index in [1.165, 1.54) is 22.2 Å². The molecule has 4 aromatic rings. The van der Waals surface area contributed by atoms with Gasteiger partial charge in [-0.3, -0.25) is 19.0 Å². The molecule has 1 fully saturated rings. The number of hydrogen-bond acceptors (Lipinski definition) is 6. The minimum Gasteiger partial charge on any atom is -0.366 e. The van der Waals surface area contributed by atoms with Crippen LogP contribution in [0.5, 0.6) is 0 Å². The van der Waals surface area contributed by atoms with Gasteiger partial charge in [-0.25, -0.2) is 4.98 Å². The zero-order valence-electron chi connectivity index (χ0n) is 17.1. The third kappa shape index (κ3) is 3.96. The molecule has 1 aliphatic rings. The number of carbonyl (C=O) groups excluding carboxylic acids is 2. The Morgan fingerprint density at radius 2 is 1.94 bits per heavy atom. The average Bonchev–Trinajstić information content (AvgIpc) is 3.29. The summed E-state index contributed by atoms with van der Waals surface area (Å²) in [5.74, 6) is -0.605. The maximum Gasteiger partial charge on any atom is 0.263 e. The van der Waals surface area contributed by atoms with Gasteiger partial charge < -0.3 is 10.6 Å². The average molecular weight is 465 g/mol. The van der Waals surface area contributed by atoms with E-state index in [0.29, 0.717) is 22.3 Å². The number of primary amides is 1. The molecular weight excluding hydrogens is 444 g/mol. The maximum absolute atomic E-state index is 13.2.